The lowest BCUT2D eigenvalue weighted by molar-refractivity contribution is -0.144. The lowest BCUT2D eigenvalue weighted by Crippen LogP contribution is -2.89. The van der Waals surface area contributed by atoms with E-state index in [2.05, 4.69) is 49.9 Å². The Balaban J connectivity index is 2.00. The number of hydrogen-bond acceptors (Lipinski definition) is 3. The zero-order valence-electron chi connectivity index (χ0n) is 20.7. The van der Waals surface area contributed by atoms with Gasteiger partial charge in [-0.1, -0.05) is 77.8 Å². The van der Waals surface area contributed by atoms with Crippen LogP contribution in [0, 0.1) is 5.92 Å². The van der Waals surface area contributed by atoms with Crippen LogP contribution in [-0.2, 0) is 9.53 Å². The largest absolute Gasteiger partial charge is 0.450 e. The maximum atomic E-state index is 13.1. The van der Waals surface area contributed by atoms with Crippen molar-refractivity contribution in [3.05, 3.63) is 0 Å². The van der Waals surface area contributed by atoms with Gasteiger partial charge in [0.05, 0.1) is 12.1 Å². The minimum Gasteiger partial charge on any atom is -0.450 e. The van der Waals surface area contributed by atoms with Crippen molar-refractivity contribution in [2.24, 2.45) is 5.92 Å². The average molecular weight is 455 g/mol. The molecule has 7 heteroatoms. The van der Waals surface area contributed by atoms with E-state index < -0.39 is 33.3 Å². The van der Waals surface area contributed by atoms with Gasteiger partial charge in [-0.3, -0.25) is 4.79 Å². The third-order valence-corrected chi connectivity index (χ3v) is 16.7. The molecule has 1 aliphatic carbocycles. The Hall–Kier alpha value is -0.826. The molecule has 0 unspecified atom stereocenters. The molecule has 0 radical (unpaired) electrons. The van der Waals surface area contributed by atoms with Gasteiger partial charge in [-0.05, 0) is 37.8 Å². The number of β-lactam (4-membered cyclic amide) rings is 1. The van der Waals surface area contributed by atoms with E-state index in [1.54, 1.807) is 0 Å². The van der Waals surface area contributed by atoms with Gasteiger partial charge in [-0.15, -0.1) is 0 Å². The summed E-state index contributed by atoms with van der Waals surface area (Å²) in [6.45, 7) is 18.4. The molecule has 2 N–H and O–H groups in total. The number of carbonyl (C=O) groups excluding carboxylic acids is 2. The Morgan fingerprint density at radius 2 is 1.63 bits per heavy atom. The van der Waals surface area contributed by atoms with Crippen molar-refractivity contribution in [1.82, 2.24) is 10.6 Å². The fourth-order valence-corrected chi connectivity index (χ4v) is 20.6. The summed E-state index contributed by atoms with van der Waals surface area (Å²) in [5, 5.41) is 6.38. The quantitative estimate of drug-likeness (QED) is 0.267. The zero-order chi connectivity index (χ0) is 22.8. The summed E-state index contributed by atoms with van der Waals surface area (Å²) in [6, 6.07) is 0. The number of rotatable bonds is 9. The number of alkyl carbamates (subject to hydrolysis) is 1. The molecule has 174 valence electrons. The summed E-state index contributed by atoms with van der Waals surface area (Å²) in [5.74, 6) is 0.821. The van der Waals surface area contributed by atoms with Crippen LogP contribution < -0.4 is 10.6 Å². The zero-order valence-corrected chi connectivity index (χ0v) is 22.7. The molecule has 2 rings (SSSR count). The molecule has 0 bridgehead atoms. The molecule has 0 spiro atoms. The van der Waals surface area contributed by atoms with Gasteiger partial charge in [0.2, 0.25) is 5.91 Å². The van der Waals surface area contributed by atoms with Crippen LogP contribution in [-0.4, -0.2) is 45.8 Å². The highest BCUT2D eigenvalue weighted by molar-refractivity contribution is 6.97. The van der Waals surface area contributed by atoms with Crippen LogP contribution in [0.1, 0.15) is 65.2 Å². The van der Waals surface area contributed by atoms with Gasteiger partial charge < -0.3 is 15.4 Å². The van der Waals surface area contributed by atoms with Gasteiger partial charge >= 0.3 is 6.09 Å². The first-order chi connectivity index (χ1) is 13.7. The monoisotopic (exact) mass is 454 g/mol. The summed E-state index contributed by atoms with van der Waals surface area (Å²) >= 11 is 0. The fraction of sp³-hybridized carbons (Fsp3) is 0.913. The Morgan fingerprint density at radius 1 is 1.07 bits per heavy atom. The van der Waals surface area contributed by atoms with Crippen molar-refractivity contribution in [1.29, 1.82) is 0 Å². The van der Waals surface area contributed by atoms with E-state index in [0.717, 1.165) is 18.8 Å². The topological polar surface area (TPSA) is 67.4 Å². The Labute approximate surface area is 186 Å². The molecule has 2 fully saturated rings. The van der Waals surface area contributed by atoms with Crippen LogP contribution in [0.5, 0.6) is 0 Å². The van der Waals surface area contributed by atoms with Crippen LogP contribution in [0.15, 0.2) is 0 Å². The van der Waals surface area contributed by atoms with Crippen molar-refractivity contribution < 1.29 is 14.3 Å². The van der Waals surface area contributed by atoms with Crippen LogP contribution in [0.25, 0.3) is 0 Å². The molecule has 1 heterocycles. The smallest absolute Gasteiger partial charge is 0.408 e. The molecule has 2 aliphatic rings. The molecule has 1 saturated heterocycles. The van der Waals surface area contributed by atoms with Crippen LogP contribution >= 0.6 is 0 Å². The lowest BCUT2D eigenvalue weighted by atomic mass is 9.72. The number of amides is 2. The minimum atomic E-state index is -1.76. The standard InChI is InChI=1S/C23H46N2O3Si2/c1-22(2)23(19(26)24-22,20(29(3,4)5)30(6,7)8)25-21(27)28-17-13-12-16-18-14-10-9-11-15-18/h18,20H,9-17H2,1-8H3,(H,24,26)(H,25,27)/t23-/m1/s1. The molecule has 1 aliphatic heterocycles. The van der Waals surface area contributed by atoms with Crippen molar-refractivity contribution >= 4 is 28.1 Å². The second-order valence-corrected chi connectivity index (χ2v) is 23.5. The highest BCUT2D eigenvalue weighted by atomic mass is 28.4. The first-order valence-electron chi connectivity index (χ1n) is 12.0. The lowest BCUT2D eigenvalue weighted by Gasteiger charge is -2.63. The molecule has 1 atom stereocenters. The summed E-state index contributed by atoms with van der Waals surface area (Å²) in [6.07, 6.45) is 9.69. The summed E-state index contributed by atoms with van der Waals surface area (Å²) < 4.78 is 5.58. The van der Waals surface area contributed by atoms with E-state index in [0.29, 0.717) is 6.61 Å². The molecule has 0 aromatic rings. The van der Waals surface area contributed by atoms with E-state index >= 15 is 0 Å². The van der Waals surface area contributed by atoms with Crippen molar-refractivity contribution in [3.8, 4) is 0 Å². The number of unbranched alkanes of at least 4 members (excludes halogenated alkanes) is 1. The molecule has 0 aromatic heterocycles. The number of ether oxygens (including phenoxy) is 1. The number of carbonyl (C=O) groups is 2. The second kappa shape index (κ2) is 9.35. The van der Waals surface area contributed by atoms with Crippen LogP contribution in [0.3, 0.4) is 0 Å². The van der Waals surface area contributed by atoms with Gasteiger partial charge in [-0.2, -0.15) is 0 Å². The fourth-order valence-electron chi connectivity index (χ4n) is 6.45. The maximum Gasteiger partial charge on any atom is 0.408 e. The van der Waals surface area contributed by atoms with E-state index in [4.69, 9.17) is 4.74 Å². The molecule has 1 saturated carbocycles. The minimum absolute atomic E-state index is 0.0448. The average Bonchev–Trinajstić information content (AvgIpc) is 2.59. The Bertz CT molecular complexity index is 605. The van der Waals surface area contributed by atoms with Gasteiger partial charge in [-0.25, -0.2) is 4.79 Å². The highest BCUT2D eigenvalue weighted by Crippen LogP contribution is 2.50. The first kappa shape index (κ1) is 25.4. The van der Waals surface area contributed by atoms with Gasteiger partial charge in [0.1, 0.15) is 5.54 Å². The normalized spacial score (nSPS) is 24.9. The molecule has 2 amide bonds. The van der Waals surface area contributed by atoms with Gasteiger partial charge in [0.15, 0.2) is 0 Å². The van der Waals surface area contributed by atoms with E-state index in [1.165, 1.54) is 38.5 Å². The maximum absolute atomic E-state index is 13.1. The van der Waals surface area contributed by atoms with Gasteiger partial charge in [0.25, 0.3) is 0 Å². The number of hydrogen-bond donors (Lipinski definition) is 2. The summed E-state index contributed by atoms with van der Waals surface area (Å²) in [7, 11) is -3.51. The van der Waals surface area contributed by atoms with Crippen molar-refractivity contribution in [3.63, 3.8) is 0 Å². The molecule has 0 aromatic carbocycles. The van der Waals surface area contributed by atoms with E-state index in [1.807, 2.05) is 13.8 Å². The first-order valence-corrected chi connectivity index (χ1v) is 19.1. The van der Waals surface area contributed by atoms with E-state index in [-0.39, 0.29) is 11.1 Å². The molecular weight excluding hydrogens is 408 g/mol. The van der Waals surface area contributed by atoms with Crippen LogP contribution in [0.2, 0.25) is 44.4 Å². The van der Waals surface area contributed by atoms with Crippen molar-refractivity contribution in [2.45, 2.75) is 121 Å². The second-order valence-electron chi connectivity index (χ2n) is 12.3. The third kappa shape index (κ3) is 5.50. The summed E-state index contributed by atoms with van der Waals surface area (Å²) in [5.41, 5.74) is -1.35. The Kier molecular flexibility index (Phi) is 7.93. The van der Waals surface area contributed by atoms with Crippen LogP contribution in [0.4, 0.5) is 4.79 Å². The Morgan fingerprint density at radius 3 is 2.10 bits per heavy atom. The number of nitrogens with one attached hydrogen (secondary N) is 2. The molecule has 30 heavy (non-hydrogen) atoms. The van der Waals surface area contributed by atoms with Crippen molar-refractivity contribution in [2.75, 3.05) is 6.61 Å². The van der Waals surface area contributed by atoms with E-state index in [9.17, 15) is 9.59 Å². The van der Waals surface area contributed by atoms with Gasteiger partial charge in [0, 0.05) is 16.1 Å². The predicted octanol–water partition coefficient (Wildman–Crippen LogP) is 5.70. The highest BCUT2D eigenvalue weighted by Gasteiger charge is 2.70. The SMILES string of the molecule is CC1(C)NC(=O)[C@@]1(NC(=O)OCCCCC1CCCCC1)C([Si](C)(C)C)[Si](C)(C)C. The third-order valence-electron chi connectivity index (χ3n) is 7.20. The predicted molar refractivity (Wildman–Crippen MR) is 130 cm³/mol. The summed E-state index contributed by atoms with van der Waals surface area (Å²) in [4.78, 5) is 25.9. The molecule has 5 nitrogen and oxygen atoms in total. The molecular formula is C23H46N2O3Si2.